The maximum absolute atomic E-state index is 13.6. The van der Waals surface area contributed by atoms with Crippen LogP contribution in [0.2, 0.25) is 0 Å². The van der Waals surface area contributed by atoms with Gasteiger partial charge in [-0.2, -0.15) is 0 Å². The summed E-state index contributed by atoms with van der Waals surface area (Å²) in [6.45, 7) is 2.53. The van der Waals surface area contributed by atoms with Crippen molar-refractivity contribution in [2.75, 3.05) is 25.1 Å². The number of Topliss-reactive ketones (excluding diaryl/α,β-unsaturated/α-hetero) is 1. The molecular formula is C27H28N2O5S. The van der Waals surface area contributed by atoms with Crippen LogP contribution in [-0.2, 0) is 23.0 Å². The molecule has 7 nitrogen and oxygen atoms in total. The lowest BCUT2D eigenvalue weighted by molar-refractivity contribution is 0.104. The van der Waals surface area contributed by atoms with Crippen LogP contribution in [0.25, 0.3) is 0 Å². The standard InChI is InChI=1S/C27H28N2O5S/c1-19-7-6-8-21(15-19)18-29-23-10-5-4-9-22(23)27(30)26(35(29,31)32)17-28-14-13-20-11-12-24(33-2)25(16-20)34-3/h4-12,15-17,28H,13-14,18H2,1-3H3/b26-17+. The van der Waals surface area contributed by atoms with E-state index in [-0.39, 0.29) is 11.4 Å². The Hall–Kier alpha value is -3.78. The molecule has 0 saturated carbocycles. The molecule has 0 bridgehead atoms. The number of allylic oxidation sites excluding steroid dienone is 1. The number of fused-ring (bicyclic) bond motifs is 1. The van der Waals surface area contributed by atoms with E-state index < -0.39 is 15.8 Å². The Morgan fingerprint density at radius 3 is 2.43 bits per heavy atom. The third-order valence-electron chi connectivity index (χ3n) is 5.86. The minimum atomic E-state index is -4.06. The molecule has 35 heavy (non-hydrogen) atoms. The van der Waals surface area contributed by atoms with Crippen LogP contribution in [-0.4, -0.2) is 35.0 Å². The number of nitrogens with zero attached hydrogens (tertiary/aromatic N) is 1. The summed E-state index contributed by atoms with van der Waals surface area (Å²) in [5, 5.41) is 3.02. The molecule has 0 spiro atoms. The second kappa shape index (κ2) is 10.2. The fraction of sp³-hybridized carbons (Fsp3) is 0.222. The van der Waals surface area contributed by atoms with E-state index in [4.69, 9.17) is 9.47 Å². The summed E-state index contributed by atoms with van der Waals surface area (Å²) in [5.74, 6) is 0.745. The average molecular weight is 493 g/mol. The second-order valence-electron chi connectivity index (χ2n) is 8.25. The number of aryl methyl sites for hydroxylation is 1. The molecular weight excluding hydrogens is 464 g/mol. The fourth-order valence-electron chi connectivity index (χ4n) is 4.09. The molecule has 182 valence electrons. The molecule has 1 N–H and O–H groups in total. The van der Waals surface area contributed by atoms with E-state index in [2.05, 4.69) is 5.32 Å². The molecule has 1 heterocycles. The first kappa shape index (κ1) is 24.3. The molecule has 1 aliphatic rings. The van der Waals surface area contributed by atoms with E-state index >= 15 is 0 Å². The summed E-state index contributed by atoms with van der Waals surface area (Å²) in [4.78, 5) is 12.9. The van der Waals surface area contributed by atoms with E-state index in [1.54, 1.807) is 38.5 Å². The zero-order valence-electron chi connectivity index (χ0n) is 19.9. The van der Waals surface area contributed by atoms with Gasteiger partial charge >= 0.3 is 0 Å². The third-order valence-corrected chi connectivity index (χ3v) is 7.62. The molecule has 0 radical (unpaired) electrons. The lowest BCUT2D eigenvalue weighted by Gasteiger charge is -2.31. The molecule has 8 heteroatoms. The number of rotatable bonds is 8. The predicted octanol–water partition coefficient (Wildman–Crippen LogP) is 4.22. The molecule has 0 atom stereocenters. The minimum absolute atomic E-state index is 0.136. The molecule has 3 aromatic rings. The normalized spacial score (nSPS) is 15.6. The number of hydrogen-bond acceptors (Lipinski definition) is 6. The number of ketones is 1. The van der Waals surface area contributed by atoms with Crippen molar-refractivity contribution in [3.05, 3.63) is 100 Å². The zero-order valence-corrected chi connectivity index (χ0v) is 20.8. The SMILES string of the molecule is COc1ccc(CCN/C=C2\C(=O)c3ccccc3N(Cc3cccc(C)c3)S2(=O)=O)cc1OC. The van der Waals surface area contributed by atoms with Crippen molar-refractivity contribution in [2.24, 2.45) is 0 Å². The molecule has 3 aromatic carbocycles. The van der Waals surface area contributed by atoms with Crippen LogP contribution >= 0.6 is 0 Å². The topological polar surface area (TPSA) is 84.9 Å². The van der Waals surface area contributed by atoms with Crippen LogP contribution < -0.4 is 19.1 Å². The van der Waals surface area contributed by atoms with Crippen molar-refractivity contribution in [3.8, 4) is 11.5 Å². The Bertz CT molecular complexity index is 1380. The highest BCUT2D eigenvalue weighted by molar-refractivity contribution is 7.97. The van der Waals surface area contributed by atoms with Gasteiger partial charge in [-0.1, -0.05) is 48.0 Å². The highest BCUT2D eigenvalue weighted by Crippen LogP contribution is 2.36. The number of sulfonamides is 1. The van der Waals surface area contributed by atoms with Crippen LogP contribution in [0.5, 0.6) is 11.5 Å². The lowest BCUT2D eigenvalue weighted by Crippen LogP contribution is -2.39. The molecule has 0 aromatic heterocycles. The smallest absolute Gasteiger partial charge is 0.270 e. The van der Waals surface area contributed by atoms with Gasteiger partial charge in [0.1, 0.15) is 0 Å². The maximum Gasteiger partial charge on any atom is 0.270 e. The molecule has 4 rings (SSSR count). The minimum Gasteiger partial charge on any atom is -0.493 e. The van der Waals surface area contributed by atoms with Crippen molar-refractivity contribution in [1.82, 2.24) is 5.32 Å². The van der Waals surface area contributed by atoms with E-state index in [0.29, 0.717) is 35.7 Å². The lowest BCUT2D eigenvalue weighted by atomic mass is 10.1. The number of carbonyl (C=O) groups excluding carboxylic acids is 1. The first-order valence-corrected chi connectivity index (χ1v) is 12.7. The predicted molar refractivity (Wildman–Crippen MR) is 136 cm³/mol. The van der Waals surface area contributed by atoms with Gasteiger partial charge in [0.25, 0.3) is 10.0 Å². The summed E-state index contributed by atoms with van der Waals surface area (Å²) in [7, 11) is -0.907. The van der Waals surface area contributed by atoms with Crippen LogP contribution in [0.3, 0.4) is 0 Å². The van der Waals surface area contributed by atoms with Gasteiger partial charge in [0.15, 0.2) is 16.4 Å². The van der Waals surface area contributed by atoms with Crippen molar-refractivity contribution >= 4 is 21.5 Å². The summed E-state index contributed by atoms with van der Waals surface area (Å²) < 4.78 is 39.0. The average Bonchev–Trinajstić information content (AvgIpc) is 2.86. The molecule has 0 aliphatic carbocycles. The molecule has 1 aliphatic heterocycles. The number of ether oxygens (including phenoxy) is 2. The van der Waals surface area contributed by atoms with Crippen molar-refractivity contribution in [1.29, 1.82) is 0 Å². The summed E-state index contributed by atoms with van der Waals surface area (Å²) in [5.41, 5.74) is 3.62. The van der Waals surface area contributed by atoms with Crippen molar-refractivity contribution in [2.45, 2.75) is 19.9 Å². The molecule has 0 amide bonds. The van der Waals surface area contributed by atoms with Gasteiger partial charge < -0.3 is 14.8 Å². The van der Waals surface area contributed by atoms with Crippen LogP contribution in [0.15, 0.2) is 77.8 Å². The quantitative estimate of drug-likeness (QED) is 0.374. The Kier molecular flexibility index (Phi) is 7.12. The van der Waals surface area contributed by atoms with Gasteiger partial charge in [0.2, 0.25) is 5.78 Å². The summed E-state index contributed by atoms with van der Waals surface area (Å²) in [6.07, 6.45) is 1.92. The molecule has 0 fully saturated rings. The highest BCUT2D eigenvalue weighted by Gasteiger charge is 2.39. The first-order chi connectivity index (χ1) is 16.8. The molecule has 0 saturated heterocycles. The van der Waals surface area contributed by atoms with Crippen LogP contribution in [0.1, 0.15) is 27.0 Å². The van der Waals surface area contributed by atoms with Crippen LogP contribution in [0.4, 0.5) is 5.69 Å². The van der Waals surface area contributed by atoms with Crippen molar-refractivity contribution < 1.29 is 22.7 Å². The van der Waals surface area contributed by atoms with E-state index in [0.717, 1.165) is 16.7 Å². The zero-order chi connectivity index (χ0) is 25.0. The number of carbonyl (C=O) groups is 1. The number of hydrogen-bond donors (Lipinski definition) is 1. The monoisotopic (exact) mass is 492 g/mol. The largest absolute Gasteiger partial charge is 0.493 e. The maximum atomic E-state index is 13.6. The van der Waals surface area contributed by atoms with E-state index in [1.165, 1.54) is 10.5 Å². The van der Waals surface area contributed by atoms with Gasteiger partial charge in [0.05, 0.1) is 26.5 Å². The second-order valence-corrected chi connectivity index (χ2v) is 10.1. The highest BCUT2D eigenvalue weighted by atomic mass is 32.2. The number of nitrogens with one attached hydrogen (secondary N) is 1. The summed E-state index contributed by atoms with van der Waals surface area (Å²) >= 11 is 0. The fourth-order valence-corrected chi connectivity index (χ4v) is 5.64. The van der Waals surface area contributed by atoms with Crippen molar-refractivity contribution in [3.63, 3.8) is 0 Å². The number of para-hydroxylation sites is 1. The molecule has 0 unspecified atom stereocenters. The number of methoxy groups -OCH3 is 2. The summed E-state index contributed by atoms with van der Waals surface area (Å²) in [6, 6.07) is 20.1. The number of anilines is 1. The number of benzene rings is 3. The van der Waals surface area contributed by atoms with Crippen LogP contribution in [0, 0.1) is 6.92 Å². The van der Waals surface area contributed by atoms with E-state index in [9.17, 15) is 13.2 Å². The van der Waals surface area contributed by atoms with E-state index in [1.807, 2.05) is 49.4 Å². The Morgan fingerprint density at radius 1 is 0.914 bits per heavy atom. The van der Waals surface area contributed by atoms with Gasteiger partial charge in [-0.3, -0.25) is 9.10 Å². The van der Waals surface area contributed by atoms with Gasteiger partial charge in [-0.05, 0) is 48.7 Å². The van der Waals surface area contributed by atoms with Gasteiger partial charge in [-0.25, -0.2) is 8.42 Å². The third kappa shape index (κ3) is 5.02. The Balaban J connectivity index is 1.58. The van der Waals surface area contributed by atoms with Gasteiger partial charge in [-0.15, -0.1) is 0 Å². The first-order valence-electron chi connectivity index (χ1n) is 11.2. The Labute approximate surface area is 206 Å². The van der Waals surface area contributed by atoms with Gasteiger partial charge in [0, 0.05) is 18.3 Å². The Morgan fingerprint density at radius 2 is 1.69 bits per heavy atom.